The smallest absolute Gasteiger partial charge is 0.361 e. The molecule has 0 spiro atoms. The fourth-order valence-electron chi connectivity index (χ4n) is 1.90. The molecule has 0 aromatic heterocycles. The van der Waals surface area contributed by atoms with Gasteiger partial charge in [0.15, 0.2) is 0 Å². The molecule has 0 unspecified atom stereocenters. The highest BCUT2D eigenvalue weighted by molar-refractivity contribution is 6.33. The van der Waals surface area contributed by atoms with Crippen molar-refractivity contribution in [1.29, 1.82) is 0 Å². The predicted octanol–water partition coefficient (Wildman–Crippen LogP) is 3.62. The van der Waals surface area contributed by atoms with E-state index in [1.54, 1.807) is 18.2 Å². The lowest BCUT2D eigenvalue weighted by Crippen LogP contribution is -2.35. The van der Waals surface area contributed by atoms with E-state index in [1.165, 1.54) is 4.90 Å². The van der Waals surface area contributed by atoms with Crippen LogP contribution in [0.3, 0.4) is 0 Å². The third kappa shape index (κ3) is 5.28. The van der Waals surface area contributed by atoms with Crippen molar-refractivity contribution in [3.05, 3.63) is 28.8 Å². The number of nitrogens with zero attached hydrogens (tertiary/aromatic N) is 1. The van der Waals surface area contributed by atoms with Crippen molar-refractivity contribution in [2.75, 3.05) is 24.5 Å². The van der Waals surface area contributed by atoms with E-state index in [1.807, 2.05) is 6.92 Å². The second-order valence-corrected chi connectivity index (χ2v) is 4.77. The first-order valence-corrected chi connectivity index (χ1v) is 6.55. The van der Waals surface area contributed by atoms with Gasteiger partial charge in [-0.2, -0.15) is 13.2 Å². The molecular weight excluding hydrogens is 277 g/mol. The zero-order chi connectivity index (χ0) is 14.5. The van der Waals surface area contributed by atoms with Crippen LogP contribution in [0.5, 0.6) is 0 Å². The van der Waals surface area contributed by atoms with Crippen molar-refractivity contribution in [1.82, 2.24) is 0 Å². The summed E-state index contributed by atoms with van der Waals surface area (Å²) in [6, 6.07) is 5.09. The first-order chi connectivity index (χ1) is 8.87. The first kappa shape index (κ1) is 16.1. The number of rotatable bonds is 6. The number of alkyl halides is 3. The van der Waals surface area contributed by atoms with Crippen molar-refractivity contribution in [2.24, 2.45) is 5.73 Å². The Morgan fingerprint density at radius 1 is 1.32 bits per heavy atom. The highest BCUT2D eigenvalue weighted by atomic mass is 35.5. The van der Waals surface area contributed by atoms with Gasteiger partial charge in [0.2, 0.25) is 0 Å². The molecule has 0 atom stereocenters. The summed E-state index contributed by atoms with van der Waals surface area (Å²) in [5, 5.41) is 0.337. The van der Waals surface area contributed by atoms with Crippen LogP contribution in [0.25, 0.3) is 0 Å². The van der Waals surface area contributed by atoms with E-state index < -0.39 is 12.7 Å². The highest BCUT2D eigenvalue weighted by Crippen LogP contribution is 2.30. The molecule has 0 aliphatic carbocycles. The van der Waals surface area contributed by atoms with Gasteiger partial charge in [0.1, 0.15) is 6.54 Å². The molecule has 0 amide bonds. The minimum absolute atomic E-state index is 0.315. The third-order valence-electron chi connectivity index (χ3n) is 2.65. The monoisotopic (exact) mass is 294 g/mol. The molecular formula is C13H18ClF3N2. The lowest BCUT2D eigenvalue weighted by atomic mass is 10.1. The summed E-state index contributed by atoms with van der Waals surface area (Å²) in [5.41, 5.74) is 6.79. The second kappa shape index (κ2) is 7.01. The maximum atomic E-state index is 12.5. The lowest BCUT2D eigenvalue weighted by Gasteiger charge is -2.26. The average molecular weight is 295 g/mol. The molecule has 1 rings (SSSR count). The van der Waals surface area contributed by atoms with Crippen molar-refractivity contribution in [2.45, 2.75) is 25.9 Å². The number of benzene rings is 1. The van der Waals surface area contributed by atoms with E-state index in [-0.39, 0.29) is 0 Å². The summed E-state index contributed by atoms with van der Waals surface area (Å²) in [7, 11) is 0. The Labute approximate surface area is 116 Å². The van der Waals surface area contributed by atoms with Gasteiger partial charge in [-0.15, -0.1) is 0 Å². The lowest BCUT2D eigenvalue weighted by molar-refractivity contribution is -0.119. The Hall–Kier alpha value is -0.940. The van der Waals surface area contributed by atoms with Crippen molar-refractivity contribution < 1.29 is 13.2 Å². The van der Waals surface area contributed by atoms with Crippen LogP contribution in [-0.4, -0.2) is 25.8 Å². The van der Waals surface area contributed by atoms with E-state index >= 15 is 0 Å². The topological polar surface area (TPSA) is 29.3 Å². The summed E-state index contributed by atoms with van der Waals surface area (Å²) < 4.78 is 37.6. The number of hydrogen-bond acceptors (Lipinski definition) is 2. The van der Waals surface area contributed by atoms with Gasteiger partial charge in [-0.3, -0.25) is 0 Å². The summed E-state index contributed by atoms with van der Waals surface area (Å²) in [4.78, 5) is 1.26. The largest absolute Gasteiger partial charge is 0.405 e. The first-order valence-electron chi connectivity index (χ1n) is 6.17. The molecule has 0 aliphatic rings. The molecule has 2 N–H and O–H groups in total. The SMILES string of the molecule is CCCN(CC(F)(F)F)c1ccc(CCN)cc1Cl. The Morgan fingerprint density at radius 2 is 2.00 bits per heavy atom. The van der Waals surface area contributed by atoms with Crippen LogP contribution in [0.4, 0.5) is 18.9 Å². The molecule has 0 heterocycles. The molecule has 2 nitrogen and oxygen atoms in total. The van der Waals surface area contributed by atoms with Crippen LogP contribution in [0.15, 0.2) is 18.2 Å². The predicted molar refractivity (Wildman–Crippen MR) is 72.8 cm³/mol. The minimum atomic E-state index is -4.24. The van der Waals surface area contributed by atoms with Gasteiger partial charge in [0.05, 0.1) is 10.7 Å². The molecule has 0 radical (unpaired) electrons. The summed E-state index contributed by atoms with van der Waals surface area (Å²) in [5.74, 6) is 0. The Bertz CT molecular complexity index is 407. The maximum absolute atomic E-state index is 12.5. The third-order valence-corrected chi connectivity index (χ3v) is 2.95. The van der Waals surface area contributed by atoms with Gasteiger partial charge in [0, 0.05) is 6.54 Å². The molecule has 108 valence electrons. The Morgan fingerprint density at radius 3 is 2.47 bits per heavy atom. The number of anilines is 1. The van der Waals surface area contributed by atoms with Crippen molar-refractivity contribution in [3.63, 3.8) is 0 Å². The minimum Gasteiger partial charge on any atom is -0.361 e. The van der Waals surface area contributed by atoms with Gasteiger partial charge >= 0.3 is 6.18 Å². The van der Waals surface area contributed by atoms with Gasteiger partial charge < -0.3 is 10.6 Å². The zero-order valence-electron chi connectivity index (χ0n) is 10.8. The Balaban J connectivity index is 2.95. The summed E-state index contributed by atoms with van der Waals surface area (Å²) in [6.07, 6.45) is -2.96. The van der Waals surface area contributed by atoms with Gasteiger partial charge in [0.25, 0.3) is 0 Å². The van der Waals surface area contributed by atoms with E-state index in [0.29, 0.717) is 36.6 Å². The van der Waals surface area contributed by atoms with Crippen LogP contribution in [0.1, 0.15) is 18.9 Å². The van der Waals surface area contributed by atoms with Crippen LogP contribution >= 0.6 is 11.6 Å². The summed E-state index contributed by atoms with van der Waals surface area (Å²) in [6.45, 7) is 1.64. The fraction of sp³-hybridized carbons (Fsp3) is 0.538. The molecule has 0 bridgehead atoms. The number of hydrogen-bond donors (Lipinski definition) is 1. The van der Waals surface area contributed by atoms with Gasteiger partial charge in [-0.25, -0.2) is 0 Å². The van der Waals surface area contributed by atoms with Gasteiger partial charge in [-0.05, 0) is 37.1 Å². The van der Waals surface area contributed by atoms with Crippen molar-refractivity contribution >= 4 is 17.3 Å². The molecule has 1 aromatic rings. The quantitative estimate of drug-likeness (QED) is 0.868. The normalized spacial score (nSPS) is 11.7. The number of halogens is 4. The molecule has 1 aromatic carbocycles. The van der Waals surface area contributed by atoms with Crippen LogP contribution < -0.4 is 10.6 Å². The standard InChI is InChI=1S/C13H18ClF3N2/c1-2-7-19(9-13(15,16)17)12-4-3-10(5-6-18)8-11(12)14/h3-4,8H,2,5-7,9,18H2,1H3. The molecule has 0 saturated heterocycles. The second-order valence-electron chi connectivity index (χ2n) is 4.36. The van der Waals surface area contributed by atoms with E-state index in [2.05, 4.69) is 0 Å². The van der Waals surface area contributed by atoms with E-state index in [0.717, 1.165) is 5.56 Å². The molecule has 19 heavy (non-hydrogen) atoms. The van der Waals surface area contributed by atoms with Gasteiger partial charge in [-0.1, -0.05) is 24.6 Å². The maximum Gasteiger partial charge on any atom is 0.405 e. The Kier molecular flexibility index (Phi) is 5.94. The van der Waals surface area contributed by atoms with Crippen LogP contribution in [0, 0.1) is 0 Å². The highest BCUT2D eigenvalue weighted by Gasteiger charge is 2.31. The molecule has 0 fully saturated rings. The van der Waals surface area contributed by atoms with Crippen LogP contribution in [0.2, 0.25) is 5.02 Å². The van der Waals surface area contributed by atoms with E-state index in [4.69, 9.17) is 17.3 Å². The van der Waals surface area contributed by atoms with Crippen molar-refractivity contribution in [3.8, 4) is 0 Å². The van der Waals surface area contributed by atoms with Crippen LogP contribution in [-0.2, 0) is 6.42 Å². The molecule has 6 heteroatoms. The average Bonchev–Trinajstić information content (AvgIpc) is 2.27. The zero-order valence-corrected chi connectivity index (χ0v) is 11.6. The number of nitrogens with two attached hydrogens (primary N) is 1. The summed E-state index contributed by atoms with van der Waals surface area (Å²) >= 11 is 6.07. The molecule has 0 saturated carbocycles. The molecule has 0 aliphatic heterocycles. The fourth-order valence-corrected chi connectivity index (χ4v) is 2.22. The van der Waals surface area contributed by atoms with E-state index in [9.17, 15) is 13.2 Å².